The van der Waals surface area contributed by atoms with E-state index in [-0.39, 0.29) is 11.7 Å². The molecule has 0 saturated heterocycles. The molecule has 1 amide bonds. The van der Waals surface area contributed by atoms with Gasteiger partial charge in [0.1, 0.15) is 5.82 Å². The maximum Gasteiger partial charge on any atom is 0.224 e. The van der Waals surface area contributed by atoms with Crippen molar-refractivity contribution in [1.29, 1.82) is 0 Å². The molecule has 2 aromatic rings. The SMILES string of the molecule is Cc1cc(F)ccc1NC(=O)CCc1c(C)nn(CC(C)C)c1C. The third-order valence-electron chi connectivity index (χ3n) is 4.13. The highest BCUT2D eigenvalue weighted by atomic mass is 19.1. The first-order valence-corrected chi connectivity index (χ1v) is 8.36. The van der Waals surface area contributed by atoms with Gasteiger partial charge < -0.3 is 5.32 Å². The highest BCUT2D eigenvalue weighted by Gasteiger charge is 2.14. The number of halogens is 1. The van der Waals surface area contributed by atoms with E-state index >= 15 is 0 Å². The third-order valence-corrected chi connectivity index (χ3v) is 4.13. The quantitative estimate of drug-likeness (QED) is 0.863. The van der Waals surface area contributed by atoms with Crippen LogP contribution < -0.4 is 5.32 Å². The fourth-order valence-corrected chi connectivity index (χ4v) is 2.84. The van der Waals surface area contributed by atoms with Gasteiger partial charge in [-0.25, -0.2) is 4.39 Å². The summed E-state index contributed by atoms with van der Waals surface area (Å²) in [4.78, 5) is 12.2. The predicted octanol–water partition coefficient (Wildman–Crippen LogP) is 4.17. The highest BCUT2D eigenvalue weighted by Crippen LogP contribution is 2.19. The van der Waals surface area contributed by atoms with Crippen molar-refractivity contribution in [3.8, 4) is 0 Å². The number of nitrogens with one attached hydrogen (secondary N) is 1. The summed E-state index contributed by atoms with van der Waals surface area (Å²) < 4.78 is 15.1. The molecule has 24 heavy (non-hydrogen) atoms. The maximum atomic E-state index is 13.1. The number of rotatable bonds is 6. The minimum absolute atomic E-state index is 0.0693. The highest BCUT2D eigenvalue weighted by molar-refractivity contribution is 5.91. The summed E-state index contributed by atoms with van der Waals surface area (Å²) in [7, 11) is 0. The molecule has 5 heteroatoms. The first kappa shape index (κ1) is 18.2. The van der Waals surface area contributed by atoms with E-state index in [1.165, 1.54) is 12.1 Å². The third kappa shape index (κ3) is 4.43. The molecule has 0 fully saturated rings. The molecule has 0 spiro atoms. The van der Waals surface area contributed by atoms with E-state index in [0.717, 1.165) is 29.1 Å². The van der Waals surface area contributed by atoms with Crippen molar-refractivity contribution < 1.29 is 9.18 Å². The zero-order valence-corrected chi connectivity index (χ0v) is 15.1. The molecule has 0 aliphatic heterocycles. The molecule has 1 N–H and O–H groups in total. The van der Waals surface area contributed by atoms with Gasteiger partial charge in [-0.1, -0.05) is 13.8 Å². The van der Waals surface area contributed by atoms with Crippen LogP contribution in [0.25, 0.3) is 0 Å². The van der Waals surface area contributed by atoms with E-state index in [0.29, 0.717) is 24.4 Å². The smallest absolute Gasteiger partial charge is 0.224 e. The fourth-order valence-electron chi connectivity index (χ4n) is 2.84. The lowest BCUT2D eigenvalue weighted by molar-refractivity contribution is -0.116. The van der Waals surface area contributed by atoms with Crippen LogP contribution in [0.4, 0.5) is 10.1 Å². The maximum absolute atomic E-state index is 13.1. The predicted molar refractivity (Wildman–Crippen MR) is 94.6 cm³/mol. The molecule has 0 unspecified atom stereocenters. The summed E-state index contributed by atoms with van der Waals surface area (Å²) in [5.41, 5.74) is 4.64. The molecule has 1 aromatic carbocycles. The number of carbonyl (C=O) groups is 1. The van der Waals surface area contributed by atoms with Gasteiger partial charge in [-0.15, -0.1) is 0 Å². The number of aromatic nitrogens is 2. The van der Waals surface area contributed by atoms with Crippen LogP contribution in [0.1, 0.15) is 42.8 Å². The Hall–Kier alpha value is -2.17. The standard InChI is InChI=1S/C19H26FN3O/c1-12(2)11-23-15(5)17(14(4)22-23)7-9-19(24)21-18-8-6-16(20)10-13(18)3/h6,8,10,12H,7,9,11H2,1-5H3,(H,21,24). The summed E-state index contributed by atoms with van der Waals surface area (Å²) in [6.45, 7) is 11.0. The lowest BCUT2D eigenvalue weighted by Crippen LogP contribution is -2.14. The first-order chi connectivity index (χ1) is 11.3. The molecule has 1 aromatic heterocycles. The van der Waals surface area contributed by atoms with Gasteiger partial charge in [0, 0.05) is 24.3 Å². The molecule has 0 saturated carbocycles. The molecule has 0 atom stereocenters. The van der Waals surface area contributed by atoms with Crippen LogP contribution in [-0.4, -0.2) is 15.7 Å². The van der Waals surface area contributed by atoms with Gasteiger partial charge in [0.05, 0.1) is 5.69 Å². The van der Waals surface area contributed by atoms with Gasteiger partial charge in [0.15, 0.2) is 0 Å². The van der Waals surface area contributed by atoms with Crippen molar-refractivity contribution in [3.63, 3.8) is 0 Å². The number of anilines is 1. The lowest BCUT2D eigenvalue weighted by Gasteiger charge is -2.09. The van der Waals surface area contributed by atoms with Gasteiger partial charge >= 0.3 is 0 Å². The Bertz CT molecular complexity index is 734. The minimum Gasteiger partial charge on any atom is -0.326 e. The van der Waals surface area contributed by atoms with Crippen LogP contribution in [0.15, 0.2) is 18.2 Å². The van der Waals surface area contributed by atoms with E-state index in [9.17, 15) is 9.18 Å². The number of benzene rings is 1. The van der Waals surface area contributed by atoms with Gasteiger partial charge in [0.25, 0.3) is 0 Å². The zero-order valence-electron chi connectivity index (χ0n) is 15.1. The second kappa shape index (κ2) is 7.60. The van der Waals surface area contributed by atoms with Crippen molar-refractivity contribution in [2.75, 3.05) is 5.32 Å². The number of carbonyl (C=O) groups excluding carboxylic acids is 1. The first-order valence-electron chi connectivity index (χ1n) is 8.36. The van der Waals surface area contributed by atoms with Crippen molar-refractivity contribution >= 4 is 11.6 Å². The Morgan fingerprint density at radius 3 is 2.62 bits per heavy atom. The molecular formula is C19H26FN3O. The van der Waals surface area contributed by atoms with Crippen LogP contribution in [0.3, 0.4) is 0 Å². The van der Waals surface area contributed by atoms with Crippen LogP contribution >= 0.6 is 0 Å². The Balaban J connectivity index is 2.00. The Morgan fingerprint density at radius 2 is 2.00 bits per heavy atom. The normalized spacial score (nSPS) is 11.1. The average Bonchev–Trinajstić information content (AvgIpc) is 2.74. The summed E-state index contributed by atoms with van der Waals surface area (Å²) in [5.74, 6) is 0.162. The monoisotopic (exact) mass is 331 g/mol. The van der Waals surface area contributed by atoms with Crippen molar-refractivity contribution in [2.24, 2.45) is 5.92 Å². The lowest BCUT2D eigenvalue weighted by atomic mass is 10.1. The number of hydrogen-bond donors (Lipinski definition) is 1. The molecule has 130 valence electrons. The van der Waals surface area contributed by atoms with E-state index in [2.05, 4.69) is 31.2 Å². The van der Waals surface area contributed by atoms with Gasteiger partial charge in [-0.05, 0) is 62.4 Å². The number of nitrogens with zero attached hydrogens (tertiary/aromatic N) is 2. The summed E-state index contributed by atoms with van der Waals surface area (Å²) in [6.07, 6.45) is 1.04. The van der Waals surface area contributed by atoms with Crippen LogP contribution in [0.2, 0.25) is 0 Å². The van der Waals surface area contributed by atoms with E-state index < -0.39 is 0 Å². The van der Waals surface area contributed by atoms with Gasteiger partial charge in [0.2, 0.25) is 5.91 Å². The van der Waals surface area contributed by atoms with Crippen molar-refractivity contribution in [1.82, 2.24) is 9.78 Å². The molecule has 4 nitrogen and oxygen atoms in total. The average molecular weight is 331 g/mol. The summed E-state index contributed by atoms with van der Waals surface area (Å²) >= 11 is 0. The van der Waals surface area contributed by atoms with Gasteiger partial charge in [-0.2, -0.15) is 5.10 Å². The topological polar surface area (TPSA) is 46.9 Å². The molecule has 2 rings (SSSR count). The minimum atomic E-state index is -0.297. The molecule has 0 aliphatic carbocycles. The second-order valence-electron chi connectivity index (χ2n) is 6.73. The van der Waals surface area contributed by atoms with Crippen LogP contribution in [0.5, 0.6) is 0 Å². The molecule has 0 aliphatic rings. The van der Waals surface area contributed by atoms with E-state index in [1.807, 2.05) is 11.6 Å². The van der Waals surface area contributed by atoms with Crippen molar-refractivity contribution in [2.45, 2.75) is 54.0 Å². The number of hydrogen-bond acceptors (Lipinski definition) is 2. The molecule has 1 heterocycles. The Labute approximate surface area is 143 Å². The van der Waals surface area contributed by atoms with Crippen LogP contribution in [-0.2, 0) is 17.8 Å². The van der Waals surface area contributed by atoms with Crippen molar-refractivity contribution in [3.05, 3.63) is 46.5 Å². The molecule has 0 bridgehead atoms. The zero-order chi connectivity index (χ0) is 17.9. The number of amides is 1. The fraction of sp³-hybridized carbons (Fsp3) is 0.474. The molecular weight excluding hydrogens is 305 g/mol. The summed E-state index contributed by atoms with van der Waals surface area (Å²) in [6, 6.07) is 4.37. The Kier molecular flexibility index (Phi) is 5.75. The summed E-state index contributed by atoms with van der Waals surface area (Å²) in [5, 5.41) is 7.43. The van der Waals surface area contributed by atoms with Gasteiger partial charge in [-0.3, -0.25) is 9.48 Å². The Morgan fingerprint density at radius 1 is 1.29 bits per heavy atom. The van der Waals surface area contributed by atoms with E-state index in [1.54, 1.807) is 13.0 Å². The van der Waals surface area contributed by atoms with E-state index in [4.69, 9.17) is 0 Å². The largest absolute Gasteiger partial charge is 0.326 e. The second-order valence-corrected chi connectivity index (χ2v) is 6.73. The molecule has 0 radical (unpaired) electrons. The van der Waals surface area contributed by atoms with Crippen LogP contribution in [0, 0.1) is 32.5 Å². The number of aryl methyl sites for hydroxylation is 2.